The Bertz CT molecular complexity index is 689. The SMILES string of the molecule is Nc1ncnc(Nc2ccccc2[N+](=O)[O-])c1[N+](=O)[O-]. The molecular formula is C10H8N6O4. The van der Waals surface area contributed by atoms with Crippen LogP contribution in [0.1, 0.15) is 0 Å². The molecule has 0 aliphatic heterocycles. The van der Waals surface area contributed by atoms with Gasteiger partial charge in [-0.15, -0.1) is 0 Å². The Labute approximate surface area is 111 Å². The van der Waals surface area contributed by atoms with E-state index in [9.17, 15) is 20.2 Å². The number of aromatic nitrogens is 2. The molecule has 0 saturated heterocycles. The van der Waals surface area contributed by atoms with Gasteiger partial charge in [-0.25, -0.2) is 9.97 Å². The van der Waals surface area contributed by atoms with Gasteiger partial charge in [0.25, 0.3) is 5.69 Å². The van der Waals surface area contributed by atoms with E-state index in [0.29, 0.717) is 0 Å². The number of nitrogens with zero attached hydrogens (tertiary/aromatic N) is 4. The number of benzene rings is 1. The highest BCUT2D eigenvalue weighted by atomic mass is 16.6. The lowest BCUT2D eigenvalue weighted by molar-refractivity contribution is -0.384. The average molecular weight is 276 g/mol. The number of anilines is 3. The van der Waals surface area contributed by atoms with Gasteiger partial charge in [-0.1, -0.05) is 12.1 Å². The molecule has 0 unspecified atom stereocenters. The molecule has 1 aromatic carbocycles. The van der Waals surface area contributed by atoms with E-state index in [0.717, 1.165) is 6.33 Å². The lowest BCUT2D eigenvalue weighted by atomic mass is 10.2. The lowest BCUT2D eigenvalue weighted by Gasteiger charge is -2.07. The van der Waals surface area contributed by atoms with Gasteiger partial charge in [0.2, 0.25) is 11.6 Å². The van der Waals surface area contributed by atoms with Crippen LogP contribution in [0.2, 0.25) is 0 Å². The summed E-state index contributed by atoms with van der Waals surface area (Å²) in [6, 6.07) is 5.69. The fourth-order valence-electron chi connectivity index (χ4n) is 1.53. The number of rotatable bonds is 4. The lowest BCUT2D eigenvalue weighted by Crippen LogP contribution is -2.06. The van der Waals surface area contributed by atoms with Gasteiger partial charge in [-0.05, 0) is 6.07 Å². The molecule has 0 saturated carbocycles. The number of nitro groups is 2. The molecule has 20 heavy (non-hydrogen) atoms. The van der Waals surface area contributed by atoms with Gasteiger partial charge in [0.15, 0.2) is 0 Å². The smallest absolute Gasteiger partial charge is 0.353 e. The standard InChI is InChI=1S/C10H8N6O4/c11-9-8(16(19)20)10(13-5-12-9)14-6-3-1-2-4-7(6)15(17)18/h1-5H,(H3,11,12,13,14). The first-order valence-corrected chi connectivity index (χ1v) is 5.26. The molecule has 1 heterocycles. The molecule has 10 nitrogen and oxygen atoms in total. The van der Waals surface area contributed by atoms with E-state index in [1.165, 1.54) is 18.2 Å². The van der Waals surface area contributed by atoms with E-state index >= 15 is 0 Å². The normalized spacial score (nSPS) is 10.0. The number of nitrogens with one attached hydrogen (secondary N) is 1. The maximum Gasteiger partial charge on any atom is 0.353 e. The Kier molecular flexibility index (Phi) is 3.37. The second-order valence-corrected chi connectivity index (χ2v) is 3.61. The van der Waals surface area contributed by atoms with Gasteiger partial charge in [0.05, 0.1) is 9.85 Å². The van der Waals surface area contributed by atoms with Gasteiger partial charge >= 0.3 is 5.69 Å². The zero-order chi connectivity index (χ0) is 14.7. The van der Waals surface area contributed by atoms with Crippen LogP contribution in [0.25, 0.3) is 0 Å². The highest BCUT2D eigenvalue weighted by Crippen LogP contribution is 2.32. The Morgan fingerprint density at radius 2 is 1.80 bits per heavy atom. The Hall–Kier alpha value is -3.30. The van der Waals surface area contributed by atoms with Gasteiger partial charge in [0, 0.05) is 6.07 Å². The van der Waals surface area contributed by atoms with Crippen LogP contribution >= 0.6 is 0 Å². The summed E-state index contributed by atoms with van der Waals surface area (Å²) in [6.45, 7) is 0. The zero-order valence-electron chi connectivity index (χ0n) is 9.89. The molecule has 0 radical (unpaired) electrons. The third-order valence-electron chi connectivity index (χ3n) is 2.39. The van der Waals surface area contributed by atoms with E-state index in [-0.39, 0.29) is 23.0 Å². The van der Waals surface area contributed by atoms with Crippen LogP contribution in [-0.4, -0.2) is 19.8 Å². The maximum atomic E-state index is 10.9. The topological polar surface area (TPSA) is 150 Å². The first-order valence-electron chi connectivity index (χ1n) is 5.26. The molecule has 0 spiro atoms. The van der Waals surface area contributed by atoms with Crippen LogP contribution in [0.15, 0.2) is 30.6 Å². The second kappa shape index (κ2) is 5.14. The minimum absolute atomic E-state index is 0.0682. The van der Waals surface area contributed by atoms with Crippen LogP contribution in [-0.2, 0) is 0 Å². The number of nitrogens with two attached hydrogens (primary N) is 1. The van der Waals surface area contributed by atoms with Crippen molar-refractivity contribution < 1.29 is 9.85 Å². The molecule has 0 aliphatic rings. The van der Waals surface area contributed by atoms with Crippen LogP contribution in [0.4, 0.5) is 28.7 Å². The molecule has 2 aromatic rings. The van der Waals surface area contributed by atoms with Crippen molar-refractivity contribution in [3.8, 4) is 0 Å². The Morgan fingerprint density at radius 3 is 2.45 bits per heavy atom. The molecule has 0 amide bonds. The van der Waals surface area contributed by atoms with Crippen LogP contribution in [0.3, 0.4) is 0 Å². The highest BCUT2D eigenvalue weighted by molar-refractivity contribution is 5.76. The summed E-state index contributed by atoms with van der Waals surface area (Å²) in [6.07, 6.45) is 1.03. The van der Waals surface area contributed by atoms with Gasteiger partial charge in [-0.2, -0.15) is 0 Å². The monoisotopic (exact) mass is 276 g/mol. The van der Waals surface area contributed by atoms with Crippen molar-refractivity contribution in [2.45, 2.75) is 0 Å². The molecular weight excluding hydrogens is 268 g/mol. The largest absolute Gasteiger partial charge is 0.378 e. The Balaban J connectivity index is 2.49. The summed E-state index contributed by atoms with van der Waals surface area (Å²) >= 11 is 0. The fourth-order valence-corrected chi connectivity index (χ4v) is 1.53. The third-order valence-corrected chi connectivity index (χ3v) is 2.39. The molecule has 1 aromatic heterocycles. The van der Waals surface area contributed by atoms with E-state index in [1.54, 1.807) is 6.07 Å². The molecule has 0 atom stereocenters. The van der Waals surface area contributed by atoms with Crippen LogP contribution in [0.5, 0.6) is 0 Å². The molecule has 0 aliphatic carbocycles. The summed E-state index contributed by atoms with van der Waals surface area (Å²) in [5.74, 6) is -0.539. The number of nitro benzene ring substituents is 1. The first kappa shape index (κ1) is 13.1. The summed E-state index contributed by atoms with van der Waals surface area (Å²) in [5.41, 5.74) is 4.70. The van der Waals surface area contributed by atoms with E-state index in [1.807, 2.05) is 0 Å². The van der Waals surface area contributed by atoms with E-state index in [4.69, 9.17) is 5.73 Å². The second-order valence-electron chi connectivity index (χ2n) is 3.61. The fraction of sp³-hybridized carbons (Fsp3) is 0. The van der Waals surface area contributed by atoms with Gasteiger partial charge in [-0.3, -0.25) is 20.2 Å². The molecule has 0 fully saturated rings. The molecule has 3 N–H and O–H groups in total. The minimum atomic E-state index is -0.758. The van der Waals surface area contributed by atoms with Crippen molar-refractivity contribution in [3.05, 3.63) is 50.8 Å². The van der Waals surface area contributed by atoms with Gasteiger partial charge in [0.1, 0.15) is 12.0 Å². The predicted molar refractivity (Wildman–Crippen MR) is 69.5 cm³/mol. The van der Waals surface area contributed by atoms with Crippen molar-refractivity contribution in [2.24, 2.45) is 0 Å². The number of hydrogen-bond donors (Lipinski definition) is 2. The molecule has 2 rings (SSSR count). The molecule has 10 heteroatoms. The zero-order valence-corrected chi connectivity index (χ0v) is 9.89. The van der Waals surface area contributed by atoms with E-state index < -0.39 is 15.5 Å². The van der Waals surface area contributed by atoms with Crippen molar-refractivity contribution >= 4 is 28.7 Å². The van der Waals surface area contributed by atoms with Crippen LogP contribution < -0.4 is 11.1 Å². The van der Waals surface area contributed by atoms with Crippen molar-refractivity contribution in [2.75, 3.05) is 11.1 Å². The quantitative estimate of drug-likeness (QED) is 0.631. The summed E-state index contributed by atoms with van der Waals surface area (Å²) in [5, 5.41) is 24.3. The first-order chi connectivity index (χ1) is 9.50. The summed E-state index contributed by atoms with van der Waals surface area (Å²) < 4.78 is 0. The van der Waals surface area contributed by atoms with E-state index in [2.05, 4.69) is 15.3 Å². The maximum absolute atomic E-state index is 10.9. The number of para-hydroxylation sites is 2. The minimum Gasteiger partial charge on any atom is -0.378 e. The van der Waals surface area contributed by atoms with Crippen molar-refractivity contribution in [3.63, 3.8) is 0 Å². The summed E-state index contributed by atoms with van der Waals surface area (Å²) in [7, 11) is 0. The van der Waals surface area contributed by atoms with Gasteiger partial charge < -0.3 is 11.1 Å². The van der Waals surface area contributed by atoms with Crippen molar-refractivity contribution in [1.29, 1.82) is 0 Å². The predicted octanol–water partition coefficient (Wildman–Crippen LogP) is 1.62. The van der Waals surface area contributed by atoms with Crippen LogP contribution in [0, 0.1) is 20.2 Å². The Morgan fingerprint density at radius 1 is 1.10 bits per heavy atom. The van der Waals surface area contributed by atoms with Crippen molar-refractivity contribution in [1.82, 2.24) is 9.97 Å². The average Bonchev–Trinajstić information content (AvgIpc) is 2.38. The number of nitrogen functional groups attached to an aromatic ring is 1. The number of hydrogen-bond acceptors (Lipinski definition) is 8. The summed E-state index contributed by atoms with van der Waals surface area (Å²) in [4.78, 5) is 27.6. The molecule has 102 valence electrons. The highest BCUT2D eigenvalue weighted by Gasteiger charge is 2.23. The third kappa shape index (κ3) is 2.43. The molecule has 0 bridgehead atoms.